The van der Waals surface area contributed by atoms with Crippen LogP contribution in [0.4, 0.5) is 0 Å². The summed E-state index contributed by atoms with van der Waals surface area (Å²) >= 11 is 1.19. The molecule has 0 spiro atoms. The van der Waals surface area contributed by atoms with Crippen LogP contribution >= 0.6 is 11.5 Å². The van der Waals surface area contributed by atoms with Crippen LogP contribution in [-0.4, -0.2) is 39.5 Å². The van der Waals surface area contributed by atoms with Crippen LogP contribution in [0.3, 0.4) is 0 Å². The first-order valence-electron chi connectivity index (χ1n) is 6.49. The average molecular weight is 268 g/mol. The number of rotatable bonds is 4. The van der Waals surface area contributed by atoms with E-state index in [-0.39, 0.29) is 11.9 Å². The molecule has 100 valence electrons. The van der Waals surface area contributed by atoms with Gasteiger partial charge < -0.3 is 10.6 Å². The number of carbonyl (C=O) groups excluding carboxylic acids is 1. The minimum Gasteiger partial charge on any atom is -0.335 e. The van der Waals surface area contributed by atoms with E-state index in [1.165, 1.54) is 11.5 Å². The molecule has 1 aromatic rings. The Morgan fingerprint density at radius 3 is 2.89 bits per heavy atom. The van der Waals surface area contributed by atoms with Crippen LogP contribution < -0.4 is 5.73 Å². The number of hydrogen-bond acceptors (Lipinski definition) is 5. The van der Waals surface area contributed by atoms with E-state index in [2.05, 4.69) is 9.59 Å². The highest BCUT2D eigenvalue weighted by molar-refractivity contribution is 7.07. The number of amides is 1. The summed E-state index contributed by atoms with van der Waals surface area (Å²) in [5.41, 5.74) is 6.53. The van der Waals surface area contributed by atoms with Crippen molar-refractivity contribution in [1.82, 2.24) is 14.5 Å². The van der Waals surface area contributed by atoms with Gasteiger partial charge in [-0.3, -0.25) is 4.79 Å². The van der Waals surface area contributed by atoms with Crippen molar-refractivity contribution in [2.75, 3.05) is 13.1 Å². The normalized spacial score (nSPS) is 23.3. The fraction of sp³-hybridized carbons (Fsp3) is 0.750. The Balaban J connectivity index is 2.18. The zero-order valence-electron chi connectivity index (χ0n) is 10.9. The number of nitrogens with two attached hydrogens (primary N) is 1. The molecule has 0 aliphatic heterocycles. The Morgan fingerprint density at radius 2 is 2.33 bits per heavy atom. The van der Waals surface area contributed by atoms with Gasteiger partial charge in [0, 0.05) is 12.6 Å². The maximum atomic E-state index is 12.5. The summed E-state index contributed by atoms with van der Waals surface area (Å²) in [4.78, 5) is 15.1. The van der Waals surface area contributed by atoms with Crippen LogP contribution in [0.2, 0.25) is 0 Å². The lowest BCUT2D eigenvalue weighted by molar-refractivity contribution is 0.0656. The van der Waals surface area contributed by atoms with Crippen molar-refractivity contribution in [3.05, 3.63) is 10.6 Å². The Kier molecular flexibility index (Phi) is 4.29. The second-order valence-corrected chi connectivity index (χ2v) is 5.53. The van der Waals surface area contributed by atoms with E-state index in [9.17, 15) is 4.79 Å². The van der Waals surface area contributed by atoms with Crippen molar-refractivity contribution in [2.24, 2.45) is 11.7 Å². The first kappa shape index (κ1) is 13.4. The molecule has 1 saturated carbocycles. The molecule has 2 rings (SSSR count). The zero-order valence-corrected chi connectivity index (χ0v) is 11.7. The molecule has 2 N–H and O–H groups in total. The van der Waals surface area contributed by atoms with E-state index in [0.717, 1.165) is 31.5 Å². The highest BCUT2D eigenvalue weighted by Crippen LogP contribution is 2.30. The molecule has 1 amide bonds. The predicted octanol–water partition coefficient (Wildman–Crippen LogP) is 1.44. The molecule has 2 unspecified atom stereocenters. The van der Waals surface area contributed by atoms with Crippen LogP contribution in [-0.2, 0) is 0 Å². The predicted molar refractivity (Wildman–Crippen MR) is 71.5 cm³/mol. The number of carbonyl (C=O) groups is 1. The zero-order chi connectivity index (χ0) is 13.1. The van der Waals surface area contributed by atoms with Gasteiger partial charge in [-0.05, 0) is 50.7 Å². The van der Waals surface area contributed by atoms with Gasteiger partial charge in [-0.25, -0.2) is 0 Å². The van der Waals surface area contributed by atoms with Gasteiger partial charge in [0.05, 0.1) is 5.69 Å². The lowest BCUT2D eigenvalue weighted by Gasteiger charge is -2.31. The van der Waals surface area contributed by atoms with Crippen molar-refractivity contribution < 1.29 is 4.79 Å². The molecule has 6 heteroatoms. The molecule has 5 nitrogen and oxygen atoms in total. The van der Waals surface area contributed by atoms with Crippen LogP contribution in [0.5, 0.6) is 0 Å². The van der Waals surface area contributed by atoms with Crippen LogP contribution in [0, 0.1) is 12.8 Å². The van der Waals surface area contributed by atoms with Crippen LogP contribution in [0.15, 0.2) is 0 Å². The van der Waals surface area contributed by atoms with E-state index in [1.54, 1.807) is 0 Å². The Bertz CT molecular complexity index is 420. The number of nitrogens with zero attached hydrogens (tertiary/aromatic N) is 3. The van der Waals surface area contributed by atoms with Crippen molar-refractivity contribution in [2.45, 2.75) is 39.2 Å². The summed E-state index contributed by atoms with van der Waals surface area (Å²) in [5.74, 6) is 0.505. The average Bonchev–Trinajstić information content (AvgIpc) is 2.98. The van der Waals surface area contributed by atoms with E-state index in [1.807, 2.05) is 18.7 Å². The second kappa shape index (κ2) is 5.75. The third-order valence-electron chi connectivity index (χ3n) is 3.77. The minimum absolute atomic E-state index is 0.0651. The van der Waals surface area contributed by atoms with E-state index in [4.69, 9.17) is 5.73 Å². The fourth-order valence-electron chi connectivity index (χ4n) is 2.79. The highest BCUT2D eigenvalue weighted by atomic mass is 32.1. The second-order valence-electron chi connectivity index (χ2n) is 4.77. The molecule has 1 heterocycles. The van der Waals surface area contributed by atoms with Gasteiger partial charge >= 0.3 is 0 Å². The quantitative estimate of drug-likeness (QED) is 0.896. The summed E-state index contributed by atoms with van der Waals surface area (Å²) in [6.07, 6.45) is 3.35. The molecule has 2 atom stereocenters. The highest BCUT2D eigenvalue weighted by Gasteiger charge is 2.34. The molecular formula is C12H20N4OS. The SMILES string of the molecule is CCN(C(=O)c1snnc1C)C1CCCC1CN. The van der Waals surface area contributed by atoms with Gasteiger partial charge in [-0.1, -0.05) is 10.9 Å². The fourth-order valence-corrected chi connectivity index (χ4v) is 3.40. The Hall–Kier alpha value is -1.01. The van der Waals surface area contributed by atoms with Gasteiger partial charge in [-0.15, -0.1) is 5.10 Å². The van der Waals surface area contributed by atoms with Gasteiger partial charge in [0.25, 0.3) is 5.91 Å². The number of aryl methyl sites for hydroxylation is 1. The molecule has 0 bridgehead atoms. The van der Waals surface area contributed by atoms with E-state index >= 15 is 0 Å². The molecule has 0 saturated heterocycles. The molecule has 1 aliphatic rings. The Labute approximate surface area is 112 Å². The topological polar surface area (TPSA) is 72.1 Å². The summed E-state index contributed by atoms with van der Waals surface area (Å²) in [7, 11) is 0. The van der Waals surface area contributed by atoms with Gasteiger partial charge in [0.15, 0.2) is 0 Å². The standard InChI is InChI=1S/C12H20N4OS/c1-3-16(10-6-4-5-9(10)7-13)12(17)11-8(2)14-15-18-11/h9-10H,3-7,13H2,1-2H3. The first-order valence-corrected chi connectivity index (χ1v) is 7.26. The van der Waals surface area contributed by atoms with Crippen molar-refractivity contribution in [1.29, 1.82) is 0 Å². The summed E-state index contributed by atoms with van der Waals surface area (Å²) in [6.45, 7) is 5.24. The third-order valence-corrected chi connectivity index (χ3v) is 4.59. The maximum absolute atomic E-state index is 12.5. The lowest BCUT2D eigenvalue weighted by Crippen LogP contribution is -2.44. The third kappa shape index (κ3) is 2.40. The number of hydrogen-bond donors (Lipinski definition) is 1. The van der Waals surface area contributed by atoms with Crippen molar-refractivity contribution in [3.8, 4) is 0 Å². The van der Waals surface area contributed by atoms with Crippen LogP contribution in [0.1, 0.15) is 41.6 Å². The molecule has 1 aromatic heterocycles. The molecule has 0 radical (unpaired) electrons. The summed E-state index contributed by atoms with van der Waals surface area (Å²) in [6, 6.07) is 0.286. The molecule has 0 aromatic carbocycles. The first-order chi connectivity index (χ1) is 8.69. The minimum atomic E-state index is 0.0651. The van der Waals surface area contributed by atoms with Crippen molar-refractivity contribution >= 4 is 17.4 Å². The van der Waals surface area contributed by atoms with E-state index < -0.39 is 0 Å². The molecule has 1 fully saturated rings. The maximum Gasteiger partial charge on any atom is 0.267 e. The van der Waals surface area contributed by atoms with Crippen LogP contribution in [0.25, 0.3) is 0 Å². The molecule has 1 aliphatic carbocycles. The monoisotopic (exact) mass is 268 g/mol. The Morgan fingerprint density at radius 1 is 1.56 bits per heavy atom. The van der Waals surface area contributed by atoms with Crippen molar-refractivity contribution in [3.63, 3.8) is 0 Å². The molecule has 18 heavy (non-hydrogen) atoms. The van der Waals surface area contributed by atoms with Gasteiger partial charge in [-0.2, -0.15) is 0 Å². The van der Waals surface area contributed by atoms with Gasteiger partial charge in [0.1, 0.15) is 4.88 Å². The summed E-state index contributed by atoms with van der Waals surface area (Å²) < 4.78 is 3.84. The smallest absolute Gasteiger partial charge is 0.267 e. The van der Waals surface area contributed by atoms with E-state index in [0.29, 0.717) is 17.3 Å². The van der Waals surface area contributed by atoms with Gasteiger partial charge in [0.2, 0.25) is 0 Å². The number of aromatic nitrogens is 2. The lowest BCUT2D eigenvalue weighted by atomic mass is 10.0. The largest absolute Gasteiger partial charge is 0.335 e. The summed E-state index contributed by atoms with van der Waals surface area (Å²) in [5, 5.41) is 3.92. The molecular weight excluding hydrogens is 248 g/mol.